The van der Waals surface area contributed by atoms with Crippen molar-refractivity contribution in [3.8, 4) is 0 Å². The fourth-order valence-corrected chi connectivity index (χ4v) is 2.48. The second kappa shape index (κ2) is 12.0. The molecular weight excluding hydrogens is 311 g/mol. The average Bonchev–Trinajstić information content (AvgIpc) is 2.70. The number of nitrogens with zero attached hydrogens (tertiary/aromatic N) is 2. The molecule has 1 aromatic heterocycles. The first-order valence-corrected chi connectivity index (χ1v) is 7.47. The highest BCUT2D eigenvalue weighted by Gasteiger charge is 2.00. The van der Waals surface area contributed by atoms with E-state index in [1.165, 1.54) is 5.69 Å². The maximum Gasteiger partial charge on any atom is 0.156 e. The molecule has 8 heteroatoms. The van der Waals surface area contributed by atoms with Gasteiger partial charge in [0.2, 0.25) is 0 Å². The van der Waals surface area contributed by atoms with Crippen molar-refractivity contribution in [2.24, 2.45) is 4.99 Å². The molecule has 0 aliphatic heterocycles. The number of amidine groups is 1. The van der Waals surface area contributed by atoms with Crippen molar-refractivity contribution in [2.75, 3.05) is 25.6 Å². The van der Waals surface area contributed by atoms with Gasteiger partial charge in [-0.1, -0.05) is 11.8 Å². The van der Waals surface area contributed by atoms with Crippen LogP contribution in [0.1, 0.15) is 11.4 Å². The van der Waals surface area contributed by atoms with E-state index in [4.69, 9.17) is 0 Å². The van der Waals surface area contributed by atoms with Gasteiger partial charge in [-0.2, -0.15) is 11.8 Å². The van der Waals surface area contributed by atoms with Crippen molar-refractivity contribution in [3.63, 3.8) is 0 Å². The number of halogens is 2. The maximum absolute atomic E-state index is 4.26. The molecule has 0 radical (unpaired) electrons. The van der Waals surface area contributed by atoms with Gasteiger partial charge in [-0.05, 0) is 13.2 Å². The van der Waals surface area contributed by atoms with Gasteiger partial charge in [0.25, 0.3) is 0 Å². The summed E-state index contributed by atoms with van der Waals surface area (Å²) < 4.78 is 0. The topological polar surface area (TPSA) is 53.1 Å². The number of H-pyrrole nitrogens is 1. The minimum Gasteiger partial charge on any atom is -0.364 e. The SMILES string of the molecule is CN=C(NCCSCc1nc[nH]c1C)SC.Cl.Cl. The molecule has 0 saturated carbocycles. The normalized spacial score (nSPS) is 10.5. The lowest BCUT2D eigenvalue weighted by Crippen LogP contribution is -2.22. The van der Waals surface area contributed by atoms with Crippen LogP contribution in [0.4, 0.5) is 0 Å². The number of aliphatic imine (C=N–C) groups is 1. The number of aromatic nitrogens is 2. The number of aryl methyl sites for hydroxylation is 1. The van der Waals surface area contributed by atoms with Crippen LogP contribution in [0, 0.1) is 6.92 Å². The first-order chi connectivity index (χ1) is 7.77. The van der Waals surface area contributed by atoms with E-state index in [1.54, 1.807) is 25.1 Å². The number of rotatable bonds is 5. The molecule has 18 heavy (non-hydrogen) atoms. The molecule has 106 valence electrons. The van der Waals surface area contributed by atoms with Crippen molar-refractivity contribution in [3.05, 3.63) is 17.7 Å². The third-order valence-electron chi connectivity index (χ3n) is 2.09. The molecule has 1 heterocycles. The van der Waals surface area contributed by atoms with E-state index in [9.17, 15) is 0 Å². The fraction of sp³-hybridized carbons (Fsp3) is 0.600. The second-order valence-corrected chi connectivity index (χ2v) is 5.09. The summed E-state index contributed by atoms with van der Waals surface area (Å²) in [5.41, 5.74) is 2.32. The van der Waals surface area contributed by atoms with Crippen LogP contribution < -0.4 is 5.32 Å². The van der Waals surface area contributed by atoms with Crippen molar-refractivity contribution >= 4 is 53.5 Å². The lowest BCUT2D eigenvalue weighted by Gasteiger charge is -2.05. The summed E-state index contributed by atoms with van der Waals surface area (Å²) in [5.74, 6) is 2.03. The number of hydrogen-bond donors (Lipinski definition) is 2. The van der Waals surface area contributed by atoms with Gasteiger partial charge in [-0.3, -0.25) is 4.99 Å². The zero-order valence-electron chi connectivity index (χ0n) is 10.7. The molecule has 0 atom stereocenters. The van der Waals surface area contributed by atoms with Crippen molar-refractivity contribution in [1.29, 1.82) is 0 Å². The first kappa shape index (κ1) is 20.3. The molecule has 0 saturated heterocycles. The Hall–Kier alpha value is -0.0400. The summed E-state index contributed by atoms with van der Waals surface area (Å²) in [6.07, 6.45) is 3.77. The van der Waals surface area contributed by atoms with Gasteiger partial charge < -0.3 is 10.3 Å². The van der Waals surface area contributed by atoms with Gasteiger partial charge in [0.15, 0.2) is 5.17 Å². The lowest BCUT2D eigenvalue weighted by molar-refractivity contribution is 0.987. The maximum atomic E-state index is 4.26. The summed E-state index contributed by atoms with van der Waals surface area (Å²) in [7, 11) is 1.80. The Balaban J connectivity index is 0. The average molecular weight is 331 g/mol. The zero-order chi connectivity index (χ0) is 11.8. The van der Waals surface area contributed by atoms with E-state index in [0.717, 1.165) is 28.9 Å². The molecule has 0 aromatic carbocycles. The zero-order valence-corrected chi connectivity index (χ0v) is 14.0. The third kappa shape index (κ3) is 7.41. The molecule has 0 unspecified atom stereocenters. The van der Waals surface area contributed by atoms with Crippen LogP contribution in [0.3, 0.4) is 0 Å². The molecule has 2 N–H and O–H groups in total. The van der Waals surface area contributed by atoms with Gasteiger partial charge in [0, 0.05) is 30.8 Å². The molecule has 0 bridgehead atoms. The molecule has 1 rings (SSSR count). The number of hydrogen-bond acceptors (Lipinski definition) is 4. The van der Waals surface area contributed by atoms with Crippen LogP contribution in [-0.2, 0) is 5.75 Å². The Morgan fingerprint density at radius 1 is 1.50 bits per heavy atom. The first-order valence-electron chi connectivity index (χ1n) is 5.09. The molecule has 1 aromatic rings. The number of nitrogens with one attached hydrogen (secondary N) is 2. The molecule has 0 fully saturated rings. The summed E-state index contributed by atoms with van der Waals surface area (Å²) in [6, 6.07) is 0. The smallest absolute Gasteiger partial charge is 0.156 e. The summed E-state index contributed by atoms with van der Waals surface area (Å²) in [4.78, 5) is 11.4. The van der Waals surface area contributed by atoms with Crippen LogP contribution in [-0.4, -0.2) is 40.7 Å². The minimum atomic E-state index is 0. The Morgan fingerprint density at radius 2 is 2.22 bits per heavy atom. The molecule has 0 amide bonds. The summed E-state index contributed by atoms with van der Waals surface area (Å²) in [5, 5.41) is 4.27. The van der Waals surface area contributed by atoms with Gasteiger partial charge in [-0.25, -0.2) is 4.98 Å². The van der Waals surface area contributed by atoms with Gasteiger partial charge in [0.05, 0.1) is 12.0 Å². The third-order valence-corrected chi connectivity index (χ3v) is 3.78. The van der Waals surface area contributed by atoms with Crippen molar-refractivity contribution in [2.45, 2.75) is 12.7 Å². The molecule has 0 spiro atoms. The van der Waals surface area contributed by atoms with E-state index in [0.29, 0.717) is 0 Å². The standard InChI is InChI=1S/C10H18N4S2.2ClH/c1-8-9(14-7-13-8)6-16-5-4-12-10(11-2)15-3;;/h7H,4-6H2,1-3H3,(H,11,12)(H,13,14);2*1H. The number of aromatic amines is 1. The van der Waals surface area contributed by atoms with Gasteiger partial charge >= 0.3 is 0 Å². The largest absolute Gasteiger partial charge is 0.364 e. The van der Waals surface area contributed by atoms with E-state index >= 15 is 0 Å². The van der Waals surface area contributed by atoms with Crippen LogP contribution >= 0.6 is 48.3 Å². The van der Waals surface area contributed by atoms with Gasteiger partial charge in [-0.15, -0.1) is 24.8 Å². The van der Waals surface area contributed by atoms with Crippen LogP contribution in [0.25, 0.3) is 0 Å². The summed E-state index contributed by atoms with van der Waals surface area (Å²) >= 11 is 3.52. The Bertz CT molecular complexity index is 344. The number of thioether (sulfide) groups is 2. The van der Waals surface area contributed by atoms with Crippen molar-refractivity contribution in [1.82, 2.24) is 15.3 Å². The Labute approximate surface area is 129 Å². The quantitative estimate of drug-likeness (QED) is 0.495. The van der Waals surface area contributed by atoms with Crippen LogP contribution in [0.2, 0.25) is 0 Å². The summed E-state index contributed by atoms with van der Waals surface area (Å²) in [6.45, 7) is 3.00. The van der Waals surface area contributed by atoms with E-state index in [1.807, 2.05) is 18.0 Å². The van der Waals surface area contributed by atoms with Crippen LogP contribution in [0.5, 0.6) is 0 Å². The Morgan fingerprint density at radius 3 is 2.72 bits per heavy atom. The highest BCUT2D eigenvalue weighted by Crippen LogP contribution is 2.11. The van der Waals surface area contributed by atoms with E-state index in [2.05, 4.69) is 27.2 Å². The molecular formula is C10H20Cl2N4S2. The molecule has 0 aliphatic rings. The monoisotopic (exact) mass is 330 g/mol. The highest BCUT2D eigenvalue weighted by atomic mass is 35.5. The molecule has 4 nitrogen and oxygen atoms in total. The lowest BCUT2D eigenvalue weighted by atomic mass is 10.4. The predicted octanol–water partition coefficient (Wildman–Crippen LogP) is 2.73. The van der Waals surface area contributed by atoms with E-state index < -0.39 is 0 Å². The number of imidazole rings is 1. The fourth-order valence-electron chi connectivity index (χ4n) is 1.17. The Kier molecular flexibility index (Phi) is 13.5. The second-order valence-electron chi connectivity index (χ2n) is 3.19. The minimum absolute atomic E-state index is 0. The van der Waals surface area contributed by atoms with Gasteiger partial charge in [0.1, 0.15) is 0 Å². The van der Waals surface area contributed by atoms with E-state index in [-0.39, 0.29) is 24.8 Å². The highest BCUT2D eigenvalue weighted by molar-refractivity contribution is 8.13. The molecule has 0 aliphatic carbocycles. The van der Waals surface area contributed by atoms with Crippen molar-refractivity contribution < 1.29 is 0 Å². The predicted molar refractivity (Wildman–Crippen MR) is 88.9 cm³/mol. The van der Waals surface area contributed by atoms with Crippen LogP contribution in [0.15, 0.2) is 11.3 Å².